The number of rotatable bonds is 2. The van der Waals surface area contributed by atoms with Crippen LogP contribution in [0.2, 0.25) is 0 Å². The molecule has 2 aliphatic rings. The first-order valence-corrected chi connectivity index (χ1v) is 5.45. The minimum absolute atomic E-state index is 0.0108. The van der Waals surface area contributed by atoms with Crippen molar-refractivity contribution in [3.8, 4) is 6.07 Å². The molecule has 4 heteroatoms. The Labute approximate surface area is 90.1 Å². The summed E-state index contributed by atoms with van der Waals surface area (Å²) in [7, 11) is 0. The number of fused-ring (bicyclic) bond motifs is 1. The molecule has 0 amide bonds. The number of nitrogens with zero attached hydrogens (tertiary/aromatic N) is 1. The van der Waals surface area contributed by atoms with E-state index >= 15 is 0 Å². The number of ether oxygens (including phenoxy) is 3. The second-order valence-corrected chi connectivity index (χ2v) is 4.55. The van der Waals surface area contributed by atoms with Crippen molar-refractivity contribution in [1.82, 2.24) is 0 Å². The molecule has 0 aromatic carbocycles. The van der Waals surface area contributed by atoms with Crippen molar-refractivity contribution in [1.29, 1.82) is 5.26 Å². The maximum atomic E-state index is 8.71. The van der Waals surface area contributed by atoms with Gasteiger partial charge in [0.1, 0.15) is 12.2 Å². The summed E-state index contributed by atoms with van der Waals surface area (Å²) in [4.78, 5) is 0. The van der Waals surface area contributed by atoms with E-state index < -0.39 is 5.79 Å². The van der Waals surface area contributed by atoms with E-state index in [9.17, 15) is 0 Å². The van der Waals surface area contributed by atoms with Crippen molar-refractivity contribution in [2.45, 2.75) is 63.8 Å². The van der Waals surface area contributed by atoms with E-state index in [4.69, 9.17) is 19.5 Å². The topological polar surface area (TPSA) is 51.5 Å². The molecule has 0 aromatic heterocycles. The fraction of sp³-hybridized carbons (Fsp3) is 0.909. The molecule has 84 valence electrons. The highest BCUT2D eigenvalue weighted by atomic mass is 16.8. The fourth-order valence-corrected chi connectivity index (χ4v) is 2.35. The largest absolute Gasteiger partial charge is 0.368 e. The predicted molar refractivity (Wildman–Crippen MR) is 53.0 cm³/mol. The lowest BCUT2D eigenvalue weighted by Gasteiger charge is -2.22. The van der Waals surface area contributed by atoms with Gasteiger partial charge in [-0.1, -0.05) is 6.92 Å². The third-order valence-electron chi connectivity index (χ3n) is 2.94. The third-order valence-corrected chi connectivity index (χ3v) is 2.94. The van der Waals surface area contributed by atoms with Gasteiger partial charge in [-0.05, 0) is 20.3 Å². The summed E-state index contributed by atoms with van der Waals surface area (Å²) in [5.41, 5.74) is 0. The molecule has 4 atom stereocenters. The van der Waals surface area contributed by atoms with Crippen LogP contribution in [0, 0.1) is 11.3 Å². The second kappa shape index (κ2) is 3.75. The lowest BCUT2D eigenvalue weighted by molar-refractivity contribution is -0.186. The molecule has 2 aliphatic heterocycles. The molecule has 0 N–H and O–H groups in total. The molecule has 0 spiro atoms. The van der Waals surface area contributed by atoms with Crippen molar-refractivity contribution in [2.24, 2.45) is 0 Å². The monoisotopic (exact) mass is 211 g/mol. The van der Waals surface area contributed by atoms with Gasteiger partial charge in [-0.25, -0.2) is 0 Å². The highest BCUT2D eigenvalue weighted by Crippen LogP contribution is 2.40. The quantitative estimate of drug-likeness (QED) is 0.696. The minimum Gasteiger partial charge on any atom is -0.368 e. The Morgan fingerprint density at radius 2 is 1.80 bits per heavy atom. The summed E-state index contributed by atoms with van der Waals surface area (Å²) < 4.78 is 17.3. The van der Waals surface area contributed by atoms with E-state index in [0.29, 0.717) is 6.42 Å². The molecule has 0 radical (unpaired) electrons. The smallest absolute Gasteiger partial charge is 0.164 e. The Hall–Kier alpha value is -0.630. The average molecular weight is 211 g/mol. The molecule has 0 aromatic rings. The molecule has 2 saturated heterocycles. The molecule has 2 rings (SSSR count). The molecule has 0 aliphatic carbocycles. The summed E-state index contributed by atoms with van der Waals surface area (Å²) in [5.74, 6) is -0.541. The summed E-state index contributed by atoms with van der Waals surface area (Å²) in [5, 5.41) is 8.71. The van der Waals surface area contributed by atoms with Crippen molar-refractivity contribution < 1.29 is 14.2 Å². The van der Waals surface area contributed by atoms with Crippen molar-refractivity contribution in [3.05, 3.63) is 0 Å². The van der Waals surface area contributed by atoms with E-state index in [0.717, 1.165) is 6.42 Å². The van der Waals surface area contributed by atoms with E-state index in [1.807, 2.05) is 13.8 Å². The SMILES string of the molecule is CC[C@H]1O[C@@H](CC#N)[C@H]2OC(C)(C)OC12. The van der Waals surface area contributed by atoms with Gasteiger partial charge in [-0.3, -0.25) is 0 Å². The highest BCUT2D eigenvalue weighted by molar-refractivity contribution is 5.00. The zero-order chi connectivity index (χ0) is 11.1. The van der Waals surface area contributed by atoms with Crippen LogP contribution in [-0.4, -0.2) is 30.2 Å². The molecule has 15 heavy (non-hydrogen) atoms. The maximum absolute atomic E-state index is 8.71. The standard InChI is InChI=1S/C11H17NO3/c1-4-7-9-10(8(13-7)5-6-12)15-11(2,3)14-9/h7-10H,4-5H2,1-3H3/t7-,8+,9?,10-/m1/s1. The normalized spacial score (nSPS) is 42.5. The van der Waals surface area contributed by atoms with Gasteiger partial charge in [0, 0.05) is 0 Å². The molecule has 1 unspecified atom stereocenters. The maximum Gasteiger partial charge on any atom is 0.164 e. The van der Waals surface area contributed by atoms with Gasteiger partial charge < -0.3 is 14.2 Å². The van der Waals surface area contributed by atoms with E-state index in [1.54, 1.807) is 0 Å². The third kappa shape index (κ3) is 1.87. The van der Waals surface area contributed by atoms with Crippen LogP contribution in [0.15, 0.2) is 0 Å². The highest BCUT2D eigenvalue weighted by Gasteiger charge is 2.54. The van der Waals surface area contributed by atoms with Crippen LogP contribution in [0.5, 0.6) is 0 Å². The lowest BCUT2D eigenvalue weighted by Crippen LogP contribution is -2.29. The average Bonchev–Trinajstić information content (AvgIpc) is 2.61. The zero-order valence-corrected chi connectivity index (χ0v) is 9.40. The van der Waals surface area contributed by atoms with Gasteiger partial charge in [0.2, 0.25) is 0 Å². The Morgan fingerprint density at radius 1 is 1.20 bits per heavy atom. The fourth-order valence-electron chi connectivity index (χ4n) is 2.35. The van der Waals surface area contributed by atoms with Crippen LogP contribution in [0.1, 0.15) is 33.6 Å². The number of hydrogen-bond donors (Lipinski definition) is 0. The first-order valence-electron chi connectivity index (χ1n) is 5.45. The van der Waals surface area contributed by atoms with Gasteiger partial charge in [0.05, 0.1) is 24.7 Å². The van der Waals surface area contributed by atoms with Gasteiger partial charge in [-0.2, -0.15) is 5.26 Å². The Bertz CT molecular complexity index is 284. The van der Waals surface area contributed by atoms with Crippen molar-refractivity contribution >= 4 is 0 Å². The summed E-state index contributed by atoms with van der Waals surface area (Å²) in [6.45, 7) is 5.87. The summed E-state index contributed by atoms with van der Waals surface area (Å²) in [6, 6.07) is 2.13. The summed E-state index contributed by atoms with van der Waals surface area (Å²) >= 11 is 0. The zero-order valence-electron chi connectivity index (χ0n) is 9.40. The first-order chi connectivity index (χ1) is 7.07. The lowest BCUT2D eigenvalue weighted by atomic mass is 10.1. The van der Waals surface area contributed by atoms with Gasteiger partial charge >= 0.3 is 0 Å². The van der Waals surface area contributed by atoms with Crippen LogP contribution in [0.4, 0.5) is 0 Å². The molecular weight excluding hydrogens is 194 g/mol. The van der Waals surface area contributed by atoms with Crippen LogP contribution >= 0.6 is 0 Å². The van der Waals surface area contributed by atoms with E-state index in [-0.39, 0.29) is 24.4 Å². The van der Waals surface area contributed by atoms with Crippen LogP contribution in [-0.2, 0) is 14.2 Å². The predicted octanol–water partition coefficient (Wildman–Crippen LogP) is 1.60. The van der Waals surface area contributed by atoms with Gasteiger partial charge in [0.25, 0.3) is 0 Å². The molecule has 0 saturated carbocycles. The van der Waals surface area contributed by atoms with Gasteiger partial charge in [-0.15, -0.1) is 0 Å². The Balaban J connectivity index is 2.12. The minimum atomic E-state index is -0.541. The molecule has 2 fully saturated rings. The van der Waals surface area contributed by atoms with Crippen LogP contribution in [0.3, 0.4) is 0 Å². The van der Waals surface area contributed by atoms with Crippen LogP contribution < -0.4 is 0 Å². The van der Waals surface area contributed by atoms with E-state index in [1.165, 1.54) is 0 Å². The number of hydrogen-bond acceptors (Lipinski definition) is 4. The Morgan fingerprint density at radius 3 is 2.33 bits per heavy atom. The second-order valence-electron chi connectivity index (χ2n) is 4.55. The molecule has 0 bridgehead atoms. The molecule has 4 nitrogen and oxygen atoms in total. The number of nitriles is 1. The molecular formula is C11H17NO3. The van der Waals surface area contributed by atoms with Crippen molar-refractivity contribution in [2.75, 3.05) is 0 Å². The van der Waals surface area contributed by atoms with Gasteiger partial charge in [0.15, 0.2) is 5.79 Å². The Kier molecular flexibility index (Phi) is 2.72. The van der Waals surface area contributed by atoms with E-state index in [2.05, 4.69) is 13.0 Å². The first kappa shape index (κ1) is 10.9. The molecule has 2 heterocycles. The van der Waals surface area contributed by atoms with Crippen molar-refractivity contribution in [3.63, 3.8) is 0 Å². The van der Waals surface area contributed by atoms with Crippen LogP contribution in [0.25, 0.3) is 0 Å². The summed E-state index contributed by atoms with van der Waals surface area (Å²) in [6.07, 6.45) is 1.11.